The Labute approximate surface area is 58.6 Å². The van der Waals surface area contributed by atoms with Gasteiger partial charge in [-0.15, -0.1) is 11.6 Å². The Morgan fingerprint density at radius 2 is 2.56 bits per heavy atom. The Kier molecular flexibility index (Phi) is 3.81. The van der Waals surface area contributed by atoms with E-state index in [9.17, 15) is 4.79 Å². The van der Waals surface area contributed by atoms with Gasteiger partial charge in [-0.2, -0.15) is 5.26 Å². The first-order valence-electron chi connectivity index (χ1n) is 2.47. The van der Waals surface area contributed by atoms with Crippen LogP contribution in [-0.4, -0.2) is 17.8 Å². The lowest BCUT2D eigenvalue weighted by molar-refractivity contribution is -0.120. The SMILES string of the molecule is CC(Cl)C(=O)NCC#N. The number of amides is 1. The van der Waals surface area contributed by atoms with Crippen molar-refractivity contribution >= 4 is 17.5 Å². The highest BCUT2D eigenvalue weighted by Crippen LogP contribution is 1.90. The van der Waals surface area contributed by atoms with Crippen molar-refractivity contribution in [3.63, 3.8) is 0 Å². The first-order valence-corrected chi connectivity index (χ1v) is 2.91. The molecule has 0 saturated carbocycles. The predicted octanol–water partition coefficient (Wildman–Crippen LogP) is 0.253. The van der Waals surface area contributed by atoms with E-state index in [2.05, 4.69) is 5.32 Å². The van der Waals surface area contributed by atoms with E-state index in [-0.39, 0.29) is 12.5 Å². The van der Waals surface area contributed by atoms with E-state index in [4.69, 9.17) is 16.9 Å². The second kappa shape index (κ2) is 4.16. The second-order valence-corrected chi connectivity index (χ2v) is 2.15. The third kappa shape index (κ3) is 3.80. The van der Waals surface area contributed by atoms with Crippen molar-refractivity contribution in [1.82, 2.24) is 5.32 Å². The van der Waals surface area contributed by atoms with E-state index < -0.39 is 5.38 Å². The molecule has 0 aromatic heterocycles. The van der Waals surface area contributed by atoms with Crippen LogP contribution in [0.3, 0.4) is 0 Å². The van der Waals surface area contributed by atoms with Gasteiger partial charge in [-0.1, -0.05) is 0 Å². The van der Waals surface area contributed by atoms with Crippen molar-refractivity contribution < 1.29 is 4.79 Å². The molecule has 0 aliphatic rings. The van der Waals surface area contributed by atoms with Crippen LogP contribution < -0.4 is 5.32 Å². The van der Waals surface area contributed by atoms with E-state index in [1.54, 1.807) is 13.0 Å². The molecule has 3 nitrogen and oxygen atoms in total. The topological polar surface area (TPSA) is 52.9 Å². The zero-order chi connectivity index (χ0) is 7.28. The molecule has 1 amide bonds. The summed E-state index contributed by atoms with van der Waals surface area (Å²) in [4.78, 5) is 10.5. The summed E-state index contributed by atoms with van der Waals surface area (Å²) in [5.74, 6) is -0.307. The summed E-state index contributed by atoms with van der Waals surface area (Å²) in [6, 6.07) is 1.76. The molecule has 0 radical (unpaired) electrons. The molecule has 9 heavy (non-hydrogen) atoms. The first kappa shape index (κ1) is 8.25. The molecule has 50 valence electrons. The molecular formula is C5H7ClN2O. The number of rotatable bonds is 2. The van der Waals surface area contributed by atoms with Crippen molar-refractivity contribution in [2.75, 3.05) is 6.54 Å². The van der Waals surface area contributed by atoms with Gasteiger partial charge >= 0.3 is 0 Å². The van der Waals surface area contributed by atoms with E-state index in [0.717, 1.165) is 0 Å². The Bertz CT molecular complexity index is 138. The molecule has 1 atom stereocenters. The van der Waals surface area contributed by atoms with Gasteiger partial charge in [0.1, 0.15) is 11.9 Å². The van der Waals surface area contributed by atoms with Gasteiger partial charge in [-0.3, -0.25) is 4.79 Å². The summed E-state index contributed by atoms with van der Waals surface area (Å²) in [7, 11) is 0. The van der Waals surface area contributed by atoms with E-state index in [0.29, 0.717) is 0 Å². The number of nitrogens with one attached hydrogen (secondary N) is 1. The first-order chi connectivity index (χ1) is 4.18. The Morgan fingerprint density at radius 3 is 2.89 bits per heavy atom. The molecule has 0 aliphatic carbocycles. The Balaban J connectivity index is 3.42. The molecular weight excluding hydrogens is 140 g/mol. The van der Waals surface area contributed by atoms with E-state index >= 15 is 0 Å². The number of carbonyl (C=O) groups excluding carboxylic acids is 1. The molecule has 0 rings (SSSR count). The number of halogens is 1. The zero-order valence-electron chi connectivity index (χ0n) is 5.02. The van der Waals surface area contributed by atoms with E-state index in [1.165, 1.54) is 0 Å². The van der Waals surface area contributed by atoms with Crippen LogP contribution in [0.4, 0.5) is 0 Å². The number of carbonyl (C=O) groups is 1. The van der Waals surface area contributed by atoms with Gasteiger partial charge in [0, 0.05) is 0 Å². The van der Waals surface area contributed by atoms with Crippen molar-refractivity contribution in [2.24, 2.45) is 0 Å². The second-order valence-electron chi connectivity index (χ2n) is 1.49. The van der Waals surface area contributed by atoms with Crippen molar-refractivity contribution in [2.45, 2.75) is 12.3 Å². The maximum atomic E-state index is 10.5. The lowest BCUT2D eigenvalue weighted by atomic mass is 10.4. The van der Waals surface area contributed by atoms with Crippen molar-refractivity contribution in [3.05, 3.63) is 0 Å². The lowest BCUT2D eigenvalue weighted by Crippen LogP contribution is -2.29. The fourth-order valence-corrected chi connectivity index (χ4v) is 0.344. The van der Waals surface area contributed by atoms with Gasteiger partial charge in [0.05, 0.1) is 6.07 Å². The summed E-state index contributed by atoms with van der Waals surface area (Å²) in [5.41, 5.74) is 0. The molecule has 4 heteroatoms. The maximum Gasteiger partial charge on any atom is 0.238 e. The van der Waals surface area contributed by atoms with Gasteiger partial charge in [-0.25, -0.2) is 0 Å². The molecule has 0 aromatic carbocycles. The average Bonchev–Trinajstić information content (AvgIpc) is 1.82. The summed E-state index contributed by atoms with van der Waals surface area (Å²) in [5, 5.41) is 9.73. The molecule has 0 aromatic rings. The van der Waals surface area contributed by atoms with Crippen LogP contribution >= 0.6 is 11.6 Å². The van der Waals surface area contributed by atoms with Crippen molar-refractivity contribution in [1.29, 1.82) is 5.26 Å². The molecule has 1 unspecified atom stereocenters. The average molecular weight is 147 g/mol. The minimum atomic E-state index is -0.557. The predicted molar refractivity (Wildman–Crippen MR) is 33.9 cm³/mol. The summed E-state index contributed by atoms with van der Waals surface area (Å²) < 4.78 is 0. The lowest BCUT2D eigenvalue weighted by Gasteiger charge is -1.99. The largest absolute Gasteiger partial charge is 0.342 e. The van der Waals surface area contributed by atoms with Gasteiger partial charge in [0.2, 0.25) is 5.91 Å². The molecule has 0 heterocycles. The number of hydrogen-bond acceptors (Lipinski definition) is 2. The number of nitriles is 1. The Morgan fingerprint density at radius 1 is 2.00 bits per heavy atom. The highest BCUT2D eigenvalue weighted by Gasteiger charge is 2.05. The van der Waals surface area contributed by atoms with Crippen LogP contribution in [0.1, 0.15) is 6.92 Å². The van der Waals surface area contributed by atoms with Crippen LogP contribution in [0.25, 0.3) is 0 Å². The quantitative estimate of drug-likeness (QED) is 0.449. The molecule has 0 spiro atoms. The Hall–Kier alpha value is -0.750. The maximum absolute atomic E-state index is 10.5. The zero-order valence-corrected chi connectivity index (χ0v) is 5.77. The van der Waals surface area contributed by atoms with E-state index in [1.807, 2.05) is 0 Å². The smallest absolute Gasteiger partial charge is 0.238 e. The van der Waals surface area contributed by atoms with Gasteiger partial charge in [0.15, 0.2) is 0 Å². The molecule has 0 fully saturated rings. The van der Waals surface area contributed by atoms with Gasteiger partial charge < -0.3 is 5.32 Å². The molecule has 0 bridgehead atoms. The fraction of sp³-hybridized carbons (Fsp3) is 0.600. The monoisotopic (exact) mass is 146 g/mol. The highest BCUT2D eigenvalue weighted by molar-refractivity contribution is 6.30. The minimum Gasteiger partial charge on any atom is -0.342 e. The third-order valence-electron chi connectivity index (χ3n) is 0.703. The van der Waals surface area contributed by atoms with Crippen molar-refractivity contribution in [3.8, 4) is 6.07 Å². The van der Waals surface area contributed by atoms with Gasteiger partial charge in [-0.05, 0) is 6.92 Å². The fourth-order valence-electron chi connectivity index (χ4n) is 0.267. The minimum absolute atomic E-state index is 0.0237. The van der Waals surface area contributed by atoms with Crippen LogP contribution in [0.15, 0.2) is 0 Å². The van der Waals surface area contributed by atoms with Crippen LogP contribution in [0, 0.1) is 11.3 Å². The van der Waals surface area contributed by atoms with Crippen LogP contribution in [0.2, 0.25) is 0 Å². The normalized spacial score (nSPS) is 11.7. The number of nitrogens with zero attached hydrogens (tertiary/aromatic N) is 1. The van der Waals surface area contributed by atoms with Crippen LogP contribution in [0.5, 0.6) is 0 Å². The summed E-state index contributed by atoms with van der Waals surface area (Å²) >= 11 is 5.34. The third-order valence-corrected chi connectivity index (χ3v) is 0.901. The summed E-state index contributed by atoms with van der Waals surface area (Å²) in [6.45, 7) is 1.57. The van der Waals surface area contributed by atoms with Gasteiger partial charge in [0.25, 0.3) is 0 Å². The van der Waals surface area contributed by atoms with Crippen LogP contribution in [-0.2, 0) is 4.79 Å². The summed E-state index contributed by atoms with van der Waals surface area (Å²) in [6.07, 6.45) is 0. The molecule has 0 aliphatic heterocycles. The standard InChI is InChI=1S/C5H7ClN2O/c1-4(6)5(9)8-3-2-7/h4H,3H2,1H3,(H,8,9). The number of alkyl halides is 1. The number of hydrogen-bond donors (Lipinski definition) is 1. The highest BCUT2D eigenvalue weighted by atomic mass is 35.5. The molecule has 1 N–H and O–H groups in total. The molecule has 0 saturated heterocycles.